The summed E-state index contributed by atoms with van der Waals surface area (Å²) in [5, 5.41) is 13.5. The number of carbonyl (C=O) groups excluding carboxylic acids is 2. The van der Waals surface area contributed by atoms with E-state index >= 15 is 0 Å². The van der Waals surface area contributed by atoms with Gasteiger partial charge >= 0.3 is 6.09 Å². The molecule has 2 aromatic heterocycles. The van der Waals surface area contributed by atoms with Crippen molar-refractivity contribution >= 4 is 51.6 Å². The molecule has 3 aromatic rings. The number of aromatic nitrogens is 4. The lowest BCUT2D eigenvalue weighted by atomic mass is 9.73. The Morgan fingerprint density at radius 2 is 1.85 bits per heavy atom. The van der Waals surface area contributed by atoms with E-state index in [0.717, 1.165) is 32.5 Å². The van der Waals surface area contributed by atoms with Crippen LogP contribution in [-0.2, 0) is 14.2 Å². The van der Waals surface area contributed by atoms with Gasteiger partial charge in [0.25, 0.3) is 5.91 Å². The second-order valence-corrected chi connectivity index (χ2v) is 15.5. The Morgan fingerprint density at radius 3 is 2.54 bits per heavy atom. The molecule has 2 N–H and O–H groups in total. The summed E-state index contributed by atoms with van der Waals surface area (Å²) in [6.45, 7) is 12.7. The Morgan fingerprint density at radius 1 is 1.11 bits per heavy atom. The van der Waals surface area contributed by atoms with Gasteiger partial charge in [0.05, 0.1) is 16.4 Å². The molecule has 248 valence electrons. The topological polar surface area (TPSA) is 144 Å². The summed E-state index contributed by atoms with van der Waals surface area (Å²) in [4.78, 5) is 43.2. The third-order valence-electron chi connectivity index (χ3n) is 8.46. The first kappa shape index (κ1) is 33.0. The zero-order valence-electron chi connectivity index (χ0n) is 26.9. The average molecular weight is 748 g/mol. The van der Waals surface area contributed by atoms with Crippen molar-refractivity contribution in [2.75, 3.05) is 38.0 Å². The molecule has 0 aliphatic carbocycles. The highest BCUT2D eigenvalue weighted by Gasteiger charge is 2.52. The fourth-order valence-corrected chi connectivity index (χ4v) is 7.56. The van der Waals surface area contributed by atoms with E-state index in [2.05, 4.69) is 47.8 Å². The summed E-state index contributed by atoms with van der Waals surface area (Å²) in [6.07, 6.45) is 3.40. The molecule has 3 fully saturated rings. The number of alkyl halides is 1. The molecule has 46 heavy (non-hydrogen) atoms. The highest BCUT2D eigenvalue weighted by atomic mass is 127. The molecule has 14 heteroatoms. The van der Waals surface area contributed by atoms with Crippen LogP contribution >= 0.6 is 22.6 Å². The monoisotopic (exact) mass is 747 g/mol. The third-order valence-corrected chi connectivity index (χ3v) is 9.97. The molecule has 0 radical (unpaired) electrons. The zero-order chi connectivity index (χ0) is 32.9. The molecular weight excluding hydrogens is 705 g/mol. The van der Waals surface area contributed by atoms with E-state index in [9.17, 15) is 14.7 Å². The number of hydrogen-bond donors (Lipinski definition) is 2. The van der Waals surface area contributed by atoms with E-state index in [1.54, 1.807) is 49.0 Å². The van der Waals surface area contributed by atoms with E-state index < -0.39 is 23.7 Å². The largest absolute Gasteiger partial charge is 0.444 e. The Kier molecular flexibility index (Phi) is 9.04. The number of anilines is 1. The van der Waals surface area contributed by atoms with E-state index in [1.165, 1.54) is 6.33 Å². The number of aliphatic hydroxyl groups is 1. The van der Waals surface area contributed by atoms with Gasteiger partial charge in [0, 0.05) is 43.7 Å². The molecule has 4 atom stereocenters. The maximum atomic E-state index is 12.9. The van der Waals surface area contributed by atoms with Gasteiger partial charge in [-0.1, -0.05) is 40.8 Å². The van der Waals surface area contributed by atoms with Crippen LogP contribution in [0.5, 0.6) is 0 Å². The number of fused-ring (bicyclic) bond motifs is 1. The number of rotatable bonds is 7. The van der Waals surface area contributed by atoms with Crippen molar-refractivity contribution in [2.24, 2.45) is 5.41 Å². The first-order valence-electron chi connectivity index (χ1n) is 15.6. The predicted octanol–water partition coefficient (Wildman–Crippen LogP) is 4.23. The lowest BCUT2D eigenvalue weighted by Gasteiger charge is -2.55. The second kappa shape index (κ2) is 12.6. The van der Waals surface area contributed by atoms with Gasteiger partial charge in [0.1, 0.15) is 18.0 Å². The standard InChI is InChI=1S/C32H42IN7O6/c1-30(2,3)46-29(42)39-13-9-12-32(17-39)15-38(16-32)14-21-22(33)24(45-31(4,5)43)28(44-21)40-19-36-23-25(34-18-35-26(23)40)37-27(41)20-10-7-6-8-11-20/h6-8,10-11,18-19,21-22,24,28,43H,9,12-17H2,1-5H3,(H,34,35,37,41)/t21?,22-,24-,28-/m1/s1. The molecule has 13 nitrogen and oxygen atoms in total. The van der Waals surface area contributed by atoms with Crippen LogP contribution in [0.4, 0.5) is 10.6 Å². The lowest BCUT2D eigenvalue weighted by Crippen LogP contribution is -2.64. The zero-order valence-corrected chi connectivity index (χ0v) is 29.0. The van der Waals surface area contributed by atoms with Crippen molar-refractivity contribution in [1.82, 2.24) is 29.3 Å². The van der Waals surface area contributed by atoms with Crippen molar-refractivity contribution in [3.05, 3.63) is 48.5 Å². The fraction of sp³-hybridized carbons (Fsp3) is 0.594. The van der Waals surface area contributed by atoms with Crippen LogP contribution in [0.25, 0.3) is 11.2 Å². The Labute approximate surface area is 282 Å². The van der Waals surface area contributed by atoms with Crippen LogP contribution in [0.2, 0.25) is 0 Å². The normalized spacial score (nSPS) is 25.1. The lowest BCUT2D eigenvalue weighted by molar-refractivity contribution is -0.221. The van der Waals surface area contributed by atoms with E-state index in [1.807, 2.05) is 31.7 Å². The summed E-state index contributed by atoms with van der Waals surface area (Å²) in [7, 11) is 0. The molecule has 0 saturated carbocycles. The Balaban J connectivity index is 1.16. The summed E-state index contributed by atoms with van der Waals surface area (Å²) in [5.74, 6) is -1.42. The molecule has 0 bridgehead atoms. The van der Waals surface area contributed by atoms with Gasteiger partial charge in [-0.05, 0) is 59.6 Å². The summed E-state index contributed by atoms with van der Waals surface area (Å²) >= 11 is 2.35. The highest BCUT2D eigenvalue weighted by molar-refractivity contribution is 14.1. The number of amides is 2. The minimum absolute atomic E-state index is 0.0506. The molecule has 5 heterocycles. The van der Waals surface area contributed by atoms with E-state index in [0.29, 0.717) is 29.8 Å². The summed E-state index contributed by atoms with van der Waals surface area (Å²) in [5.41, 5.74) is 0.923. The number of hydrogen-bond acceptors (Lipinski definition) is 10. The van der Waals surface area contributed by atoms with E-state index in [-0.39, 0.29) is 33.3 Å². The molecule has 3 aliphatic rings. The molecule has 3 saturated heterocycles. The van der Waals surface area contributed by atoms with Crippen molar-refractivity contribution in [3.8, 4) is 0 Å². The van der Waals surface area contributed by atoms with Crippen molar-refractivity contribution in [3.63, 3.8) is 0 Å². The molecule has 1 spiro atoms. The molecule has 1 unspecified atom stereocenters. The molecule has 3 aliphatic heterocycles. The van der Waals surface area contributed by atoms with E-state index in [4.69, 9.17) is 14.2 Å². The maximum absolute atomic E-state index is 12.9. The minimum Gasteiger partial charge on any atom is -0.444 e. The minimum atomic E-state index is -1.40. The van der Waals surface area contributed by atoms with Gasteiger partial charge in [-0.15, -0.1) is 0 Å². The summed E-state index contributed by atoms with van der Waals surface area (Å²) < 4.78 is 20.2. The smallest absolute Gasteiger partial charge is 0.410 e. The van der Waals surface area contributed by atoms with Crippen LogP contribution in [0.15, 0.2) is 43.0 Å². The quantitative estimate of drug-likeness (QED) is 0.205. The molecule has 2 amide bonds. The number of nitrogens with one attached hydrogen (secondary N) is 1. The Bertz CT molecular complexity index is 1570. The van der Waals surface area contributed by atoms with Gasteiger partial charge in [-0.3, -0.25) is 14.3 Å². The number of piperidine rings is 1. The number of benzene rings is 1. The van der Waals surface area contributed by atoms with Crippen molar-refractivity contribution in [1.29, 1.82) is 0 Å². The van der Waals surface area contributed by atoms with Gasteiger partial charge in [0.15, 0.2) is 29.0 Å². The third kappa shape index (κ3) is 7.15. The second-order valence-electron chi connectivity index (χ2n) is 14.1. The van der Waals surface area contributed by atoms with Crippen LogP contribution in [-0.4, -0.2) is 107 Å². The van der Waals surface area contributed by atoms with Crippen LogP contribution in [0, 0.1) is 5.41 Å². The van der Waals surface area contributed by atoms with Gasteiger partial charge in [-0.25, -0.2) is 19.7 Å². The average Bonchev–Trinajstić information content (AvgIpc) is 3.53. The fourth-order valence-electron chi connectivity index (χ4n) is 6.66. The van der Waals surface area contributed by atoms with Crippen LogP contribution in [0.1, 0.15) is 64.0 Å². The SMILES string of the molecule is CC(C)(C)OC(=O)N1CCCC2(CN(CC3O[C@@H](n4cnc5c(NC(=O)c6ccccc6)ncnc54)[C@H](OC(C)(C)O)[C@@H]3I)C2)C1. The van der Waals surface area contributed by atoms with Crippen molar-refractivity contribution < 1.29 is 28.9 Å². The number of ether oxygens (including phenoxy) is 3. The number of nitrogens with zero attached hydrogens (tertiary/aromatic N) is 6. The van der Waals surface area contributed by atoms with Gasteiger partial charge < -0.3 is 29.5 Å². The van der Waals surface area contributed by atoms with Crippen LogP contribution < -0.4 is 5.32 Å². The van der Waals surface area contributed by atoms with Crippen LogP contribution in [0.3, 0.4) is 0 Å². The first-order chi connectivity index (χ1) is 21.7. The number of imidazole rings is 1. The van der Waals surface area contributed by atoms with Crippen molar-refractivity contribution in [2.45, 2.75) is 81.2 Å². The number of likely N-dealkylation sites (tertiary alicyclic amines) is 2. The number of halogens is 1. The highest BCUT2D eigenvalue weighted by Crippen LogP contribution is 2.43. The molecule has 6 rings (SSSR count). The van der Waals surface area contributed by atoms with Gasteiger partial charge in [-0.2, -0.15) is 0 Å². The molecular formula is C32H42IN7O6. The molecule has 1 aromatic carbocycles. The maximum Gasteiger partial charge on any atom is 0.410 e. The number of carbonyl (C=O) groups is 2. The first-order valence-corrected chi connectivity index (χ1v) is 16.9. The summed E-state index contributed by atoms with van der Waals surface area (Å²) in [6, 6.07) is 8.89. The Hall–Kier alpha value is -2.92. The van der Waals surface area contributed by atoms with Gasteiger partial charge in [0.2, 0.25) is 0 Å². The predicted molar refractivity (Wildman–Crippen MR) is 179 cm³/mol.